The van der Waals surface area contributed by atoms with Gasteiger partial charge in [0.15, 0.2) is 5.15 Å². The van der Waals surface area contributed by atoms with E-state index in [2.05, 4.69) is 10.3 Å². The Labute approximate surface area is 126 Å². The largest absolute Gasteiger partial charge is 0.416 e. The summed E-state index contributed by atoms with van der Waals surface area (Å²) in [5.74, 6) is 0. The molecule has 1 aromatic heterocycles. The Kier molecular flexibility index (Phi) is 4.42. The maximum absolute atomic E-state index is 12.7. The second-order valence-electron chi connectivity index (χ2n) is 4.84. The van der Waals surface area contributed by atoms with Gasteiger partial charge in [-0.3, -0.25) is 0 Å². The van der Waals surface area contributed by atoms with Crippen molar-refractivity contribution in [2.75, 3.05) is 5.32 Å². The third-order valence-electron chi connectivity index (χ3n) is 3.06. The van der Waals surface area contributed by atoms with Crippen molar-refractivity contribution < 1.29 is 13.2 Å². The molecule has 112 valence electrons. The molecular weight excluding hydrogens is 301 g/mol. The molecule has 0 spiro atoms. The average Bonchev–Trinajstić information content (AvgIpc) is 2.42. The maximum Gasteiger partial charge on any atom is 0.416 e. The fraction of sp³-hybridized carbons (Fsp3) is 0.267. The first-order valence-corrected chi connectivity index (χ1v) is 6.71. The van der Waals surface area contributed by atoms with E-state index in [-0.39, 0.29) is 6.04 Å². The lowest BCUT2D eigenvalue weighted by Crippen LogP contribution is -2.10. The van der Waals surface area contributed by atoms with E-state index in [9.17, 15) is 13.2 Å². The summed E-state index contributed by atoms with van der Waals surface area (Å²) in [4.78, 5) is 4.01. The first-order chi connectivity index (χ1) is 9.77. The fourth-order valence-corrected chi connectivity index (χ4v) is 2.11. The lowest BCUT2D eigenvalue weighted by Gasteiger charge is -2.18. The van der Waals surface area contributed by atoms with Crippen molar-refractivity contribution in [1.82, 2.24) is 4.98 Å². The number of aromatic nitrogens is 1. The van der Waals surface area contributed by atoms with Gasteiger partial charge in [0.2, 0.25) is 0 Å². The minimum absolute atomic E-state index is 0.291. The zero-order valence-corrected chi connectivity index (χ0v) is 12.3. The summed E-state index contributed by atoms with van der Waals surface area (Å²) in [6.45, 7) is 3.64. The van der Waals surface area contributed by atoms with Crippen LogP contribution in [0.2, 0.25) is 5.15 Å². The summed E-state index contributed by atoms with van der Waals surface area (Å²) in [7, 11) is 0. The summed E-state index contributed by atoms with van der Waals surface area (Å²) in [5, 5.41) is 3.38. The predicted molar refractivity (Wildman–Crippen MR) is 77.5 cm³/mol. The van der Waals surface area contributed by atoms with Crippen LogP contribution < -0.4 is 5.32 Å². The molecule has 0 fully saturated rings. The number of alkyl halides is 3. The zero-order chi connectivity index (χ0) is 15.6. The van der Waals surface area contributed by atoms with Crippen LogP contribution in [-0.4, -0.2) is 4.98 Å². The highest BCUT2D eigenvalue weighted by Gasteiger charge is 2.30. The summed E-state index contributed by atoms with van der Waals surface area (Å²) in [6.07, 6.45) is -2.72. The van der Waals surface area contributed by atoms with Crippen LogP contribution in [-0.2, 0) is 6.18 Å². The van der Waals surface area contributed by atoms with Crippen molar-refractivity contribution in [3.05, 3.63) is 58.4 Å². The van der Waals surface area contributed by atoms with Gasteiger partial charge in [0.25, 0.3) is 0 Å². The Morgan fingerprint density at radius 1 is 1.24 bits per heavy atom. The molecule has 0 saturated heterocycles. The number of hydrogen-bond acceptors (Lipinski definition) is 2. The molecule has 0 aliphatic carbocycles. The molecule has 21 heavy (non-hydrogen) atoms. The van der Waals surface area contributed by atoms with Gasteiger partial charge in [0.05, 0.1) is 11.3 Å². The number of pyridine rings is 1. The fourth-order valence-electron chi connectivity index (χ4n) is 1.95. The molecule has 0 saturated carbocycles. The molecule has 2 aromatic rings. The minimum Gasteiger partial charge on any atom is -0.376 e. The third-order valence-corrected chi connectivity index (χ3v) is 3.36. The van der Waals surface area contributed by atoms with E-state index in [1.807, 2.05) is 6.92 Å². The predicted octanol–water partition coefficient (Wildman–Crippen LogP) is 5.24. The molecule has 2 rings (SSSR count). The van der Waals surface area contributed by atoms with E-state index in [0.29, 0.717) is 16.4 Å². The Bertz CT molecular complexity index is 641. The Balaban J connectivity index is 2.24. The summed E-state index contributed by atoms with van der Waals surface area (Å²) < 4.78 is 38.2. The molecule has 0 radical (unpaired) electrons. The van der Waals surface area contributed by atoms with Gasteiger partial charge < -0.3 is 5.32 Å². The highest BCUT2D eigenvalue weighted by atomic mass is 35.5. The molecule has 1 aromatic carbocycles. The van der Waals surface area contributed by atoms with Crippen LogP contribution in [0.5, 0.6) is 0 Å². The molecule has 2 nitrogen and oxygen atoms in total. The van der Waals surface area contributed by atoms with Gasteiger partial charge in [0.1, 0.15) is 0 Å². The molecule has 0 bridgehead atoms. The number of nitrogens with zero attached hydrogens (tertiary/aromatic N) is 1. The number of anilines is 1. The maximum atomic E-state index is 12.7. The standard InChI is InChI=1S/C15H14ClF3N2/c1-9-6-13(14(16)20-8-9)21-10(2)11-4-3-5-12(7-11)15(17,18)19/h3-8,10,21H,1-2H3. The molecule has 0 amide bonds. The van der Waals surface area contributed by atoms with Crippen LogP contribution in [0.15, 0.2) is 36.5 Å². The average molecular weight is 315 g/mol. The number of rotatable bonds is 3. The van der Waals surface area contributed by atoms with E-state index in [4.69, 9.17) is 11.6 Å². The highest BCUT2D eigenvalue weighted by molar-refractivity contribution is 6.31. The van der Waals surface area contributed by atoms with Gasteiger partial charge in [-0.15, -0.1) is 0 Å². The minimum atomic E-state index is -4.35. The summed E-state index contributed by atoms with van der Waals surface area (Å²) >= 11 is 5.98. The Morgan fingerprint density at radius 3 is 2.62 bits per heavy atom. The van der Waals surface area contributed by atoms with Gasteiger partial charge in [-0.25, -0.2) is 4.98 Å². The van der Waals surface area contributed by atoms with E-state index in [1.165, 1.54) is 6.07 Å². The van der Waals surface area contributed by atoms with Crippen LogP contribution in [0.25, 0.3) is 0 Å². The van der Waals surface area contributed by atoms with Gasteiger partial charge in [0, 0.05) is 12.2 Å². The van der Waals surface area contributed by atoms with Crippen LogP contribution in [0, 0.1) is 6.92 Å². The highest BCUT2D eigenvalue weighted by Crippen LogP contribution is 2.32. The molecular formula is C15H14ClF3N2. The third kappa shape index (κ3) is 3.88. The number of halogens is 4. The molecule has 1 heterocycles. The topological polar surface area (TPSA) is 24.9 Å². The van der Waals surface area contributed by atoms with Crippen molar-refractivity contribution in [2.24, 2.45) is 0 Å². The first kappa shape index (κ1) is 15.6. The van der Waals surface area contributed by atoms with Crippen LogP contribution in [0.1, 0.15) is 29.7 Å². The SMILES string of the molecule is Cc1cnc(Cl)c(NC(C)c2cccc(C(F)(F)F)c2)c1. The van der Waals surface area contributed by atoms with Gasteiger partial charge >= 0.3 is 6.18 Å². The second-order valence-corrected chi connectivity index (χ2v) is 5.20. The number of nitrogens with one attached hydrogen (secondary N) is 1. The number of benzene rings is 1. The molecule has 0 aliphatic rings. The van der Waals surface area contributed by atoms with Crippen molar-refractivity contribution in [3.8, 4) is 0 Å². The van der Waals surface area contributed by atoms with Crippen molar-refractivity contribution in [3.63, 3.8) is 0 Å². The summed E-state index contributed by atoms with van der Waals surface area (Å²) in [6, 6.07) is 6.70. The van der Waals surface area contributed by atoms with Gasteiger partial charge in [-0.05, 0) is 43.2 Å². The quantitative estimate of drug-likeness (QED) is 0.784. The Hall–Kier alpha value is -1.75. The molecule has 1 atom stereocenters. The normalized spacial score (nSPS) is 13.0. The zero-order valence-electron chi connectivity index (χ0n) is 11.5. The number of aryl methyl sites for hydroxylation is 1. The molecule has 0 aliphatic heterocycles. The van der Waals surface area contributed by atoms with Crippen LogP contribution >= 0.6 is 11.6 Å². The van der Waals surface area contributed by atoms with Crippen LogP contribution in [0.3, 0.4) is 0 Å². The van der Waals surface area contributed by atoms with Crippen LogP contribution in [0.4, 0.5) is 18.9 Å². The van der Waals surface area contributed by atoms with Crippen molar-refractivity contribution in [2.45, 2.75) is 26.1 Å². The van der Waals surface area contributed by atoms with E-state index < -0.39 is 11.7 Å². The first-order valence-electron chi connectivity index (χ1n) is 6.33. The van der Waals surface area contributed by atoms with Crippen molar-refractivity contribution >= 4 is 17.3 Å². The second kappa shape index (κ2) is 5.93. The molecule has 1 unspecified atom stereocenters. The molecule has 6 heteroatoms. The van der Waals surface area contributed by atoms with E-state index >= 15 is 0 Å². The van der Waals surface area contributed by atoms with Gasteiger partial charge in [-0.2, -0.15) is 13.2 Å². The smallest absolute Gasteiger partial charge is 0.376 e. The van der Waals surface area contributed by atoms with E-state index in [0.717, 1.165) is 17.7 Å². The van der Waals surface area contributed by atoms with E-state index in [1.54, 1.807) is 25.3 Å². The molecule has 1 N–H and O–H groups in total. The van der Waals surface area contributed by atoms with Crippen molar-refractivity contribution in [1.29, 1.82) is 0 Å². The summed E-state index contributed by atoms with van der Waals surface area (Å²) in [5.41, 5.74) is 1.38. The lowest BCUT2D eigenvalue weighted by atomic mass is 10.0. The Morgan fingerprint density at radius 2 is 1.95 bits per heavy atom. The number of hydrogen-bond donors (Lipinski definition) is 1. The van der Waals surface area contributed by atoms with Gasteiger partial charge in [-0.1, -0.05) is 23.7 Å². The monoisotopic (exact) mass is 314 g/mol. The lowest BCUT2D eigenvalue weighted by molar-refractivity contribution is -0.137.